The Bertz CT molecular complexity index is 1150. The third-order valence-corrected chi connectivity index (χ3v) is 5.38. The summed E-state index contributed by atoms with van der Waals surface area (Å²) in [5, 5.41) is 8.98. The summed E-state index contributed by atoms with van der Waals surface area (Å²) in [5.74, 6) is -1.26. The van der Waals surface area contributed by atoms with E-state index in [9.17, 15) is 14.4 Å². The zero-order valence-electron chi connectivity index (χ0n) is 16.8. The molecular formula is C24H19N3O4. The average Bonchev–Trinajstić information content (AvgIpc) is 3.43. The molecule has 3 amide bonds. The Morgan fingerprint density at radius 1 is 1.10 bits per heavy atom. The SMILES string of the molecule is CC(c1ccccc1)N(C(=O)c1ccco1)C1CC(=O)N(c2ccc(C#N)cc2)C1=O. The number of amides is 3. The average molecular weight is 413 g/mol. The number of imide groups is 1. The molecule has 2 heterocycles. The molecule has 0 bridgehead atoms. The van der Waals surface area contributed by atoms with Crippen LogP contribution in [-0.4, -0.2) is 28.7 Å². The number of benzene rings is 2. The van der Waals surface area contributed by atoms with Crippen molar-refractivity contribution in [2.24, 2.45) is 0 Å². The van der Waals surface area contributed by atoms with Gasteiger partial charge in [0.25, 0.3) is 11.8 Å². The fourth-order valence-electron chi connectivity index (χ4n) is 3.80. The van der Waals surface area contributed by atoms with E-state index in [4.69, 9.17) is 9.68 Å². The Balaban J connectivity index is 1.71. The molecule has 0 aliphatic carbocycles. The van der Waals surface area contributed by atoms with Gasteiger partial charge in [0.1, 0.15) is 6.04 Å². The topological polar surface area (TPSA) is 94.6 Å². The van der Waals surface area contributed by atoms with Crippen molar-refractivity contribution in [3.63, 3.8) is 0 Å². The molecule has 1 fully saturated rings. The fourth-order valence-corrected chi connectivity index (χ4v) is 3.80. The van der Waals surface area contributed by atoms with Crippen molar-refractivity contribution in [2.75, 3.05) is 4.90 Å². The summed E-state index contributed by atoms with van der Waals surface area (Å²) in [6, 6.07) is 19.2. The predicted molar refractivity (Wildman–Crippen MR) is 112 cm³/mol. The quantitative estimate of drug-likeness (QED) is 0.595. The molecule has 154 valence electrons. The molecule has 4 rings (SSSR count). The second-order valence-corrected chi connectivity index (χ2v) is 7.22. The van der Waals surface area contributed by atoms with Crippen molar-refractivity contribution in [2.45, 2.75) is 25.4 Å². The van der Waals surface area contributed by atoms with Gasteiger partial charge in [-0.2, -0.15) is 5.26 Å². The van der Waals surface area contributed by atoms with Crippen LogP contribution in [0.15, 0.2) is 77.4 Å². The summed E-state index contributed by atoms with van der Waals surface area (Å²) < 4.78 is 5.29. The lowest BCUT2D eigenvalue weighted by molar-refractivity contribution is -0.123. The van der Waals surface area contributed by atoms with E-state index in [0.29, 0.717) is 11.3 Å². The summed E-state index contributed by atoms with van der Waals surface area (Å²) in [5.41, 5.74) is 1.63. The van der Waals surface area contributed by atoms with E-state index in [1.165, 1.54) is 17.2 Å². The highest BCUT2D eigenvalue weighted by Gasteiger charge is 2.46. The van der Waals surface area contributed by atoms with Crippen LogP contribution in [0.2, 0.25) is 0 Å². The van der Waals surface area contributed by atoms with E-state index in [1.54, 1.807) is 30.3 Å². The number of rotatable bonds is 5. The molecule has 2 unspecified atom stereocenters. The highest BCUT2D eigenvalue weighted by Crippen LogP contribution is 2.32. The van der Waals surface area contributed by atoms with Crippen LogP contribution < -0.4 is 4.90 Å². The lowest BCUT2D eigenvalue weighted by atomic mass is 10.0. The Labute approximate surface area is 179 Å². The van der Waals surface area contributed by atoms with Gasteiger partial charge in [0.2, 0.25) is 5.91 Å². The lowest BCUT2D eigenvalue weighted by Crippen LogP contribution is -2.46. The molecule has 2 atom stereocenters. The smallest absolute Gasteiger partial charge is 0.290 e. The van der Waals surface area contributed by atoms with Gasteiger partial charge in [0.05, 0.1) is 36.0 Å². The summed E-state index contributed by atoms with van der Waals surface area (Å²) >= 11 is 0. The van der Waals surface area contributed by atoms with Gasteiger partial charge in [-0.15, -0.1) is 0 Å². The third-order valence-electron chi connectivity index (χ3n) is 5.38. The van der Waals surface area contributed by atoms with Gasteiger partial charge in [-0.05, 0) is 48.9 Å². The predicted octanol–water partition coefficient (Wildman–Crippen LogP) is 3.69. The largest absolute Gasteiger partial charge is 0.459 e. The zero-order chi connectivity index (χ0) is 22.0. The van der Waals surface area contributed by atoms with Crippen molar-refractivity contribution in [3.05, 3.63) is 89.9 Å². The maximum absolute atomic E-state index is 13.3. The highest BCUT2D eigenvalue weighted by atomic mass is 16.3. The van der Waals surface area contributed by atoms with Crippen LogP contribution in [0.5, 0.6) is 0 Å². The Kier molecular flexibility index (Phi) is 5.37. The van der Waals surface area contributed by atoms with E-state index in [-0.39, 0.29) is 12.2 Å². The Morgan fingerprint density at radius 3 is 2.42 bits per heavy atom. The molecule has 2 aromatic carbocycles. The summed E-state index contributed by atoms with van der Waals surface area (Å²) in [7, 11) is 0. The number of anilines is 1. The van der Waals surface area contributed by atoms with Crippen molar-refractivity contribution in [1.82, 2.24) is 4.90 Å². The van der Waals surface area contributed by atoms with E-state index >= 15 is 0 Å². The standard InChI is InChI=1S/C24H19N3O4/c1-16(18-6-3-2-4-7-18)26(24(30)21-8-5-13-31-21)20-14-22(28)27(23(20)29)19-11-9-17(15-25)10-12-19/h2-13,16,20H,14H2,1H3. The minimum absolute atomic E-state index is 0.0971. The fraction of sp³-hybridized carbons (Fsp3) is 0.167. The van der Waals surface area contributed by atoms with Crippen LogP contribution >= 0.6 is 0 Å². The number of nitriles is 1. The number of hydrogen-bond donors (Lipinski definition) is 0. The maximum Gasteiger partial charge on any atom is 0.290 e. The first kappa shape index (κ1) is 20.1. The minimum atomic E-state index is -0.976. The second kappa shape index (κ2) is 8.28. The van der Waals surface area contributed by atoms with Crippen molar-refractivity contribution in [3.8, 4) is 6.07 Å². The van der Waals surface area contributed by atoms with Crippen LogP contribution in [0.25, 0.3) is 0 Å². The van der Waals surface area contributed by atoms with E-state index in [0.717, 1.165) is 10.5 Å². The Morgan fingerprint density at radius 2 is 1.81 bits per heavy atom. The van der Waals surface area contributed by atoms with Crippen LogP contribution in [0.1, 0.15) is 41.1 Å². The van der Waals surface area contributed by atoms with E-state index in [2.05, 4.69) is 0 Å². The van der Waals surface area contributed by atoms with Crippen LogP contribution in [-0.2, 0) is 9.59 Å². The summed E-state index contributed by atoms with van der Waals surface area (Å²) in [6.45, 7) is 1.82. The number of hydrogen-bond acceptors (Lipinski definition) is 5. The molecule has 0 N–H and O–H groups in total. The highest BCUT2D eigenvalue weighted by molar-refractivity contribution is 6.23. The number of carbonyl (C=O) groups excluding carboxylic acids is 3. The second-order valence-electron chi connectivity index (χ2n) is 7.22. The molecule has 1 aromatic heterocycles. The van der Waals surface area contributed by atoms with Gasteiger partial charge in [0.15, 0.2) is 5.76 Å². The Hall–Kier alpha value is -4.18. The van der Waals surface area contributed by atoms with Gasteiger partial charge in [-0.1, -0.05) is 30.3 Å². The summed E-state index contributed by atoms with van der Waals surface area (Å²) in [6.07, 6.45) is 1.26. The molecule has 0 radical (unpaired) electrons. The van der Waals surface area contributed by atoms with Gasteiger partial charge in [-0.25, -0.2) is 4.90 Å². The van der Waals surface area contributed by atoms with Crippen LogP contribution in [0, 0.1) is 11.3 Å². The molecule has 1 aliphatic rings. The van der Waals surface area contributed by atoms with E-state index in [1.807, 2.05) is 43.3 Å². The molecule has 0 saturated carbocycles. The van der Waals surface area contributed by atoms with Gasteiger partial charge in [0, 0.05) is 0 Å². The first-order valence-electron chi connectivity index (χ1n) is 9.79. The summed E-state index contributed by atoms with van der Waals surface area (Å²) in [4.78, 5) is 41.9. The lowest BCUT2D eigenvalue weighted by Gasteiger charge is -2.33. The van der Waals surface area contributed by atoms with Gasteiger partial charge >= 0.3 is 0 Å². The number of furan rings is 1. The first-order valence-corrected chi connectivity index (χ1v) is 9.79. The van der Waals surface area contributed by atoms with Gasteiger partial charge < -0.3 is 9.32 Å². The number of carbonyl (C=O) groups is 3. The van der Waals surface area contributed by atoms with Gasteiger partial charge in [-0.3, -0.25) is 14.4 Å². The molecule has 7 nitrogen and oxygen atoms in total. The third kappa shape index (κ3) is 3.71. The molecule has 1 aliphatic heterocycles. The van der Waals surface area contributed by atoms with Crippen LogP contribution in [0.4, 0.5) is 5.69 Å². The zero-order valence-corrected chi connectivity index (χ0v) is 16.8. The molecule has 1 saturated heterocycles. The molecule has 0 spiro atoms. The van der Waals surface area contributed by atoms with Crippen molar-refractivity contribution in [1.29, 1.82) is 5.26 Å². The molecule has 7 heteroatoms. The monoisotopic (exact) mass is 413 g/mol. The molecular weight excluding hydrogens is 394 g/mol. The van der Waals surface area contributed by atoms with Crippen molar-refractivity contribution >= 4 is 23.4 Å². The minimum Gasteiger partial charge on any atom is -0.459 e. The molecule has 31 heavy (non-hydrogen) atoms. The normalized spacial score (nSPS) is 16.8. The van der Waals surface area contributed by atoms with Crippen LogP contribution in [0.3, 0.4) is 0 Å². The van der Waals surface area contributed by atoms with E-state index < -0.39 is 29.8 Å². The molecule has 3 aromatic rings. The first-order chi connectivity index (χ1) is 15.0. The van der Waals surface area contributed by atoms with Crippen molar-refractivity contribution < 1.29 is 18.8 Å². The maximum atomic E-state index is 13.3. The number of nitrogens with zero attached hydrogens (tertiary/aromatic N) is 3.